The maximum Gasteiger partial charge on any atom is 0.231 e. The van der Waals surface area contributed by atoms with E-state index in [9.17, 15) is 0 Å². The minimum Gasteiger partial charge on any atom is -0.454 e. The van der Waals surface area contributed by atoms with Gasteiger partial charge in [0.25, 0.3) is 0 Å². The Bertz CT molecular complexity index is 947. The number of nitrogens with one attached hydrogen (secondary N) is 2. The predicted octanol–water partition coefficient (Wildman–Crippen LogP) is 4.57. The van der Waals surface area contributed by atoms with E-state index < -0.39 is 0 Å². The lowest BCUT2D eigenvalue weighted by molar-refractivity contribution is 0.174. The van der Waals surface area contributed by atoms with Gasteiger partial charge in [0.2, 0.25) is 12.7 Å². The van der Waals surface area contributed by atoms with Gasteiger partial charge in [-0.2, -0.15) is 4.98 Å². The highest BCUT2D eigenvalue weighted by Crippen LogP contribution is 2.34. The van der Waals surface area contributed by atoms with Crippen molar-refractivity contribution in [3.05, 3.63) is 64.8 Å². The zero-order valence-electron chi connectivity index (χ0n) is 14.8. The normalized spacial score (nSPS) is 12.1. The van der Waals surface area contributed by atoms with Crippen LogP contribution >= 0.6 is 11.6 Å². The number of hydrogen-bond acceptors (Lipinski definition) is 6. The number of fused-ring (bicyclic) bond motifs is 1. The van der Waals surface area contributed by atoms with Gasteiger partial charge < -0.3 is 20.1 Å². The van der Waals surface area contributed by atoms with Gasteiger partial charge in [-0.15, -0.1) is 0 Å². The van der Waals surface area contributed by atoms with Crippen LogP contribution in [-0.2, 0) is 6.42 Å². The molecule has 4 rings (SSSR count). The van der Waals surface area contributed by atoms with E-state index in [1.54, 1.807) is 0 Å². The minimum atomic E-state index is 0.251. The van der Waals surface area contributed by atoms with Crippen molar-refractivity contribution in [1.82, 2.24) is 9.97 Å². The van der Waals surface area contributed by atoms with E-state index in [-0.39, 0.29) is 6.79 Å². The minimum absolute atomic E-state index is 0.251. The van der Waals surface area contributed by atoms with Gasteiger partial charge in [-0.3, -0.25) is 0 Å². The number of hydrogen-bond donors (Lipinski definition) is 2. The number of rotatable bonds is 6. The lowest BCUT2D eigenvalue weighted by Gasteiger charge is -2.10. The van der Waals surface area contributed by atoms with Gasteiger partial charge in [0.15, 0.2) is 11.5 Å². The topological polar surface area (TPSA) is 68.3 Å². The van der Waals surface area contributed by atoms with Gasteiger partial charge in [-0.05, 0) is 43.2 Å². The fourth-order valence-corrected chi connectivity index (χ4v) is 2.93. The summed E-state index contributed by atoms with van der Waals surface area (Å²) in [4.78, 5) is 8.99. The zero-order chi connectivity index (χ0) is 18.6. The number of halogens is 1. The highest BCUT2D eigenvalue weighted by molar-refractivity contribution is 6.30. The number of anilines is 3. The number of ether oxygens (including phenoxy) is 2. The summed E-state index contributed by atoms with van der Waals surface area (Å²) in [6.07, 6.45) is 0.880. The fraction of sp³-hybridized carbons (Fsp3) is 0.200. The van der Waals surface area contributed by atoms with Crippen molar-refractivity contribution in [1.29, 1.82) is 0 Å². The van der Waals surface area contributed by atoms with E-state index in [1.807, 2.05) is 55.5 Å². The standard InChI is InChI=1S/C20H19ClN4O2/c1-13-10-19(22-9-8-14-2-4-15(21)5-3-14)25-20(23-13)24-16-6-7-17-18(11-16)27-12-26-17/h2-7,10-11H,8-9,12H2,1H3,(H2,22,23,24,25). The summed E-state index contributed by atoms with van der Waals surface area (Å²) < 4.78 is 10.7. The molecule has 0 fully saturated rings. The van der Waals surface area contributed by atoms with Crippen molar-refractivity contribution >= 4 is 29.1 Å². The Labute approximate surface area is 162 Å². The average Bonchev–Trinajstić information content (AvgIpc) is 3.11. The molecule has 0 aliphatic carbocycles. The van der Waals surface area contributed by atoms with Crippen molar-refractivity contribution in [2.45, 2.75) is 13.3 Å². The molecule has 0 unspecified atom stereocenters. The first kappa shape index (κ1) is 17.4. The van der Waals surface area contributed by atoms with Crippen LogP contribution in [0.15, 0.2) is 48.5 Å². The molecule has 2 N–H and O–H groups in total. The van der Waals surface area contributed by atoms with Crippen LogP contribution in [0, 0.1) is 6.92 Å². The Morgan fingerprint density at radius 2 is 1.81 bits per heavy atom. The van der Waals surface area contributed by atoms with Crippen molar-refractivity contribution in [2.24, 2.45) is 0 Å². The van der Waals surface area contributed by atoms with Crippen LogP contribution in [0.4, 0.5) is 17.5 Å². The second-order valence-electron chi connectivity index (χ2n) is 6.21. The molecular weight excluding hydrogens is 364 g/mol. The first-order valence-corrected chi connectivity index (χ1v) is 9.04. The maximum atomic E-state index is 5.92. The molecule has 3 aromatic rings. The van der Waals surface area contributed by atoms with E-state index in [4.69, 9.17) is 21.1 Å². The van der Waals surface area contributed by atoms with E-state index in [0.29, 0.717) is 11.7 Å². The first-order chi connectivity index (χ1) is 13.2. The van der Waals surface area contributed by atoms with E-state index in [2.05, 4.69) is 20.6 Å². The molecule has 1 aliphatic heterocycles. The second-order valence-corrected chi connectivity index (χ2v) is 6.65. The highest BCUT2D eigenvalue weighted by Gasteiger charge is 2.13. The smallest absolute Gasteiger partial charge is 0.231 e. The molecule has 27 heavy (non-hydrogen) atoms. The van der Waals surface area contributed by atoms with Gasteiger partial charge in [-0.1, -0.05) is 23.7 Å². The monoisotopic (exact) mass is 382 g/mol. The molecule has 7 heteroatoms. The van der Waals surface area contributed by atoms with Gasteiger partial charge in [-0.25, -0.2) is 4.98 Å². The third-order valence-electron chi connectivity index (χ3n) is 4.12. The number of aromatic nitrogens is 2. The van der Waals surface area contributed by atoms with Gasteiger partial charge >= 0.3 is 0 Å². The van der Waals surface area contributed by atoms with Crippen LogP contribution in [0.3, 0.4) is 0 Å². The summed E-state index contributed by atoms with van der Waals surface area (Å²) in [6.45, 7) is 2.96. The van der Waals surface area contributed by atoms with Crippen molar-refractivity contribution in [3.63, 3.8) is 0 Å². The van der Waals surface area contributed by atoms with Crippen molar-refractivity contribution in [2.75, 3.05) is 24.0 Å². The fourth-order valence-electron chi connectivity index (χ4n) is 2.80. The molecule has 0 radical (unpaired) electrons. The third-order valence-corrected chi connectivity index (χ3v) is 4.37. The summed E-state index contributed by atoms with van der Waals surface area (Å²) in [6, 6.07) is 15.4. The molecule has 1 aromatic heterocycles. The molecule has 138 valence electrons. The van der Waals surface area contributed by atoms with Crippen molar-refractivity contribution < 1.29 is 9.47 Å². The largest absolute Gasteiger partial charge is 0.454 e. The average molecular weight is 383 g/mol. The Morgan fingerprint density at radius 3 is 2.67 bits per heavy atom. The Kier molecular flexibility index (Phi) is 4.98. The van der Waals surface area contributed by atoms with Crippen LogP contribution in [0.25, 0.3) is 0 Å². The highest BCUT2D eigenvalue weighted by atomic mass is 35.5. The second kappa shape index (κ2) is 7.72. The SMILES string of the molecule is Cc1cc(NCCc2ccc(Cl)cc2)nc(Nc2ccc3c(c2)OCO3)n1. The lowest BCUT2D eigenvalue weighted by atomic mass is 10.1. The van der Waals surface area contributed by atoms with E-state index in [0.717, 1.165) is 40.9 Å². The molecule has 0 saturated carbocycles. The maximum absolute atomic E-state index is 5.92. The Morgan fingerprint density at radius 1 is 1.00 bits per heavy atom. The summed E-state index contributed by atoms with van der Waals surface area (Å²) >= 11 is 5.92. The van der Waals surface area contributed by atoms with E-state index in [1.165, 1.54) is 5.56 Å². The van der Waals surface area contributed by atoms with Crippen LogP contribution in [-0.4, -0.2) is 23.3 Å². The molecule has 2 heterocycles. The first-order valence-electron chi connectivity index (χ1n) is 8.66. The number of aryl methyl sites for hydroxylation is 1. The van der Waals surface area contributed by atoms with E-state index >= 15 is 0 Å². The quantitative estimate of drug-likeness (QED) is 0.651. The molecule has 0 amide bonds. The van der Waals surface area contributed by atoms with Crippen molar-refractivity contribution in [3.8, 4) is 11.5 Å². The molecule has 6 nitrogen and oxygen atoms in total. The number of benzene rings is 2. The van der Waals surface area contributed by atoms with Gasteiger partial charge in [0, 0.05) is 35.1 Å². The number of nitrogens with zero attached hydrogens (tertiary/aromatic N) is 2. The van der Waals surface area contributed by atoms with Gasteiger partial charge in [0.1, 0.15) is 5.82 Å². The summed E-state index contributed by atoms with van der Waals surface area (Å²) in [5.41, 5.74) is 2.94. The molecule has 0 spiro atoms. The summed E-state index contributed by atoms with van der Waals surface area (Å²) in [5, 5.41) is 7.31. The van der Waals surface area contributed by atoms with Crippen LogP contribution in [0.2, 0.25) is 5.02 Å². The molecule has 0 saturated heterocycles. The Balaban J connectivity index is 1.41. The third kappa shape index (κ3) is 4.41. The van der Waals surface area contributed by atoms with Crippen LogP contribution in [0.5, 0.6) is 11.5 Å². The van der Waals surface area contributed by atoms with Crippen LogP contribution < -0.4 is 20.1 Å². The van der Waals surface area contributed by atoms with Crippen LogP contribution in [0.1, 0.15) is 11.3 Å². The molecule has 2 aromatic carbocycles. The molecule has 0 atom stereocenters. The molecule has 0 bridgehead atoms. The molecule has 1 aliphatic rings. The summed E-state index contributed by atoms with van der Waals surface area (Å²) in [7, 11) is 0. The van der Waals surface area contributed by atoms with Gasteiger partial charge in [0.05, 0.1) is 0 Å². The zero-order valence-corrected chi connectivity index (χ0v) is 15.6. The Hall–Kier alpha value is -2.99. The lowest BCUT2D eigenvalue weighted by Crippen LogP contribution is -2.08. The molecular formula is C20H19ClN4O2. The predicted molar refractivity (Wildman–Crippen MR) is 106 cm³/mol. The summed E-state index contributed by atoms with van der Waals surface area (Å²) in [5.74, 6) is 2.77.